The van der Waals surface area contributed by atoms with Gasteiger partial charge in [0.15, 0.2) is 0 Å². The number of hydrogen-bond donors (Lipinski definition) is 0. The number of ether oxygens (including phenoxy) is 1. The van der Waals surface area contributed by atoms with E-state index in [-0.39, 0.29) is 24.1 Å². The van der Waals surface area contributed by atoms with E-state index in [9.17, 15) is 14.9 Å². The number of carbonyl (C=O) groups excluding carboxylic acids is 2. The summed E-state index contributed by atoms with van der Waals surface area (Å²) in [6.07, 6.45) is 6.23. The number of rotatable bonds is 9. The number of imide groups is 1. The Morgan fingerprint density at radius 3 is 2.44 bits per heavy atom. The predicted octanol–water partition coefficient (Wildman–Crippen LogP) is 6.42. The van der Waals surface area contributed by atoms with E-state index in [1.807, 2.05) is 81.6 Å². The lowest BCUT2D eigenvalue weighted by atomic mass is 9.92. The third-order valence-corrected chi connectivity index (χ3v) is 6.70. The van der Waals surface area contributed by atoms with Crippen LogP contribution in [0.4, 0.5) is 0 Å². The molecule has 7 heteroatoms. The summed E-state index contributed by atoms with van der Waals surface area (Å²) in [7, 11) is 0. The highest BCUT2D eigenvalue weighted by Crippen LogP contribution is 2.33. The van der Waals surface area contributed by atoms with Gasteiger partial charge in [0.25, 0.3) is 11.8 Å². The van der Waals surface area contributed by atoms with Crippen LogP contribution in [0.3, 0.4) is 0 Å². The van der Waals surface area contributed by atoms with Crippen LogP contribution in [0, 0.1) is 18.3 Å². The minimum absolute atomic E-state index is 0.000664. The van der Waals surface area contributed by atoms with Gasteiger partial charge < -0.3 is 4.74 Å². The zero-order chi connectivity index (χ0) is 28.1. The summed E-state index contributed by atoms with van der Waals surface area (Å²) in [4.78, 5) is 27.8. The summed E-state index contributed by atoms with van der Waals surface area (Å²) in [6, 6.07) is 17.6. The Morgan fingerprint density at radius 1 is 1.05 bits per heavy atom. The monoisotopic (exact) mass is 522 g/mol. The third-order valence-electron chi connectivity index (χ3n) is 6.70. The van der Waals surface area contributed by atoms with Gasteiger partial charge in [-0.05, 0) is 81.7 Å². The molecule has 0 bridgehead atoms. The van der Waals surface area contributed by atoms with Crippen LogP contribution in [0.2, 0.25) is 0 Å². The Balaban J connectivity index is 1.87. The van der Waals surface area contributed by atoms with E-state index >= 15 is 0 Å². The minimum Gasteiger partial charge on any atom is -0.491 e. The van der Waals surface area contributed by atoms with Gasteiger partial charge in [0.1, 0.15) is 23.1 Å². The molecule has 0 saturated carbocycles. The quantitative estimate of drug-likeness (QED) is 0.184. The van der Waals surface area contributed by atoms with E-state index in [1.165, 1.54) is 4.90 Å². The zero-order valence-electron chi connectivity index (χ0n) is 23.2. The number of amides is 2. The van der Waals surface area contributed by atoms with Gasteiger partial charge in [0, 0.05) is 29.4 Å². The van der Waals surface area contributed by atoms with Crippen LogP contribution >= 0.6 is 0 Å². The lowest BCUT2D eigenvalue weighted by Crippen LogP contribution is -2.43. The molecule has 0 spiro atoms. The van der Waals surface area contributed by atoms with Crippen LogP contribution in [0.1, 0.15) is 58.1 Å². The summed E-state index contributed by atoms with van der Waals surface area (Å²) in [5, 5.41) is 14.7. The molecule has 4 rings (SSSR count). The highest BCUT2D eigenvalue weighted by atomic mass is 16.5. The van der Waals surface area contributed by atoms with Crippen LogP contribution < -0.4 is 4.74 Å². The van der Waals surface area contributed by atoms with Crippen LogP contribution in [0.25, 0.3) is 23.0 Å². The van der Waals surface area contributed by atoms with E-state index in [2.05, 4.69) is 6.92 Å². The van der Waals surface area contributed by atoms with Gasteiger partial charge >= 0.3 is 0 Å². The van der Waals surface area contributed by atoms with Crippen molar-refractivity contribution in [3.05, 3.63) is 82.6 Å². The van der Waals surface area contributed by atoms with Crippen LogP contribution in [0.5, 0.6) is 5.75 Å². The second kappa shape index (κ2) is 12.0. The summed E-state index contributed by atoms with van der Waals surface area (Å²) in [6.45, 7) is 9.98. The smallest absolute Gasteiger partial charge is 0.271 e. The van der Waals surface area contributed by atoms with Crippen LogP contribution in [-0.4, -0.2) is 39.1 Å². The first-order valence-electron chi connectivity index (χ1n) is 13.4. The number of unbranched alkanes of at least 4 members (excludes halogenated alkanes) is 2. The third kappa shape index (κ3) is 5.85. The summed E-state index contributed by atoms with van der Waals surface area (Å²) >= 11 is 0. The van der Waals surface area contributed by atoms with Crippen molar-refractivity contribution < 1.29 is 14.3 Å². The largest absolute Gasteiger partial charge is 0.491 e. The van der Waals surface area contributed by atoms with Gasteiger partial charge in [-0.15, -0.1) is 0 Å². The topological polar surface area (TPSA) is 88.2 Å². The van der Waals surface area contributed by atoms with E-state index in [1.54, 1.807) is 17.7 Å². The van der Waals surface area contributed by atoms with Crippen molar-refractivity contribution in [2.75, 3.05) is 6.54 Å². The van der Waals surface area contributed by atoms with Crippen molar-refractivity contribution in [3.8, 4) is 28.8 Å². The Labute approximate surface area is 230 Å². The van der Waals surface area contributed by atoms with Gasteiger partial charge in [-0.25, -0.2) is 4.68 Å². The van der Waals surface area contributed by atoms with Crippen molar-refractivity contribution in [2.45, 2.75) is 60.0 Å². The molecule has 1 aliphatic heterocycles. The predicted molar refractivity (Wildman–Crippen MR) is 152 cm³/mol. The van der Waals surface area contributed by atoms with Crippen molar-refractivity contribution in [1.29, 1.82) is 5.26 Å². The van der Waals surface area contributed by atoms with Gasteiger partial charge in [-0.1, -0.05) is 38.0 Å². The summed E-state index contributed by atoms with van der Waals surface area (Å²) < 4.78 is 7.65. The first-order valence-corrected chi connectivity index (χ1v) is 13.4. The molecule has 0 atom stereocenters. The SMILES string of the molecule is CCCCCN1C(=O)C(C#N)=C(C)/C(=C\c2cn(-c3ccccc3)nc2-c2ccc(OC(C)C)cc2C)C1=O. The molecule has 2 amide bonds. The number of para-hydroxylation sites is 1. The number of nitriles is 1. The zero-order valence-corrected chi connectivity index (χ0v) is 23.2. The maximum Gasteiger partial charge on any atom is 0.271 e. The molecule has 0 aliphatic carbocycles. The molecule has 200 valence electrons. The second-order valence-corrected chi connectivity index (χ2v) is 10.00. The molecule has 3 aromatic rings. The lowest BCUT2D eigenvalue weighted by molar-refractivity contribution is -0.140. The average Bonchev–Trinajstić information content (AvgIpc) is 3.33. The van der Waals surface area contributed by atoms with Crippen molar-refractivity contribution in [2.24, 2.45) is 0 Å². The molecule has 0 N–H and O–H groups in total. The Kier molecular flexibility index (Phi) is 8.46. The van der Waals surface area contributed by atoms with Crippen LogP contribution in [-0.2, 0) is 9.59 Å². The number of nitrogens with zero attached hydrogens (tertiary/aromatic N) is 4. The first kappa shape index (κ1) is 27.6. The lowest BCUT2D eigenvalue weighted by Gasteiger charge is -2.27. The first-order chi connectivity index (χ1) is 18.7. The van der Waals surface area contributed by atoms with Gasteiger partial charge in [-0.2, -0.15) is 10.4 Å². The minimum atomic E-state index is -0.523. The molecule has 2 aromatic carbocycles. The molecule has 7 nitrogen and oxygen atoms in total. The number of carbonyl (C=O) groups is 2. The molecule has 1 aromatic heterocycles. The fourth-order valence-electron chi connectivity index (χ4n) is 4.67. The molecule has 0 unspecified atom stereocenters. The normalized spacial score (nSPS) is 14.9. The van der Waals surface area contributed by atoms with Crippen molar-refractivity contribution >= 4 is 17.9 Å². The van der Waals surface area contributed by atoms with E-state index in [0.29, 0.717) is 28.8 Å². The molecule has 0 fully saturated rings. The van der Waals surface area contributed by atoms with Crippen LogP contribution in [0.15, 0.2) is 71.4 Å². The molecule has 0 radical (unpaired) electrons. The number of benzene rings is 2. The summed E-state index contributed by atoms with van der Waals surface area (Å²) in [5.41, 5.74) is 4.86. The second-order valence-electron chi connectivity index (χ2n) is 10.00. The molecule has 39 heavy (non-hydrogen) atoms. The molecule has 2 heterocycles. The fraction of sp³-hybridized carbons (Fsp3) is 0.312. The number of aryl methyl sites for hydroxylation is 1. The highest BCUT2D eigenvalue weighted by molar-refractivity contribution is 6.19. The molecule has 0 saturated heterocycles. The van der Waals surface area contributed by atoms with Gasteiger partial charge in [0.05, 0.1) is 11.8 Å². The van der Waals surface area contributed by atoms with Gasteiger partial charge in [-0.3, -0.25) is 14.5 Å². The Bertz CT molecular complexity index is 1490. The van der Waals surface area contributed by atoms with E-state index in [4.69, 9.17) is 9.84 Å². The van der Waals surface area contributed by atoms with E-state index in [0.717, 1.165) is 35.4 Å². The maximum absolute atomic E-state index is 13.6. The average molecular weight is 523 g/mol. The highest BCUT2D eigenvalue weighted by Gasteiger charge is 2.35. The molecular formula is C32H34N4O3. The maximum atomic E-state index is 13.6. The number of aromatic nitrogens is 2. The summed E-state index contributed by atoms with van der Waals surface area (Å²) in [5.74, 6) is -0.136. The molecular weight excluding hydrogens is 488 g/mol. The van der Waals surface area contributed by atoms with Crippen molar-refractivity contribution in [1.82, 2.24) is 14.7 Å². The van der Waals surface area contributed by atoms with Gasteiger partial charge in [0.2, 0.25) is 0 Å². The number of hydrogen-bond acceptors (Lipinski definition) is 5. The standard InChI is InChI=1S/C32H34N4O3/c1-6-7-11-16-35-31(37)28(23(5)29(19-33)32(35)38)18-24-20-36(25-12-9-8-10-13-25)34-30(24)27-15-14-26(17-22(27)4)39-21(2)3/h8-10,12-15,17-18,20-21H,6-7,11,16H2,1-5H3/b28-18+. The van der Waals surface area contributed by atoms with E-state index < -0.39 is 5.91 Å². The fourth-order valence-corrected chi connectivity index (χ4v) is 4.67. The van der Waals surface area contributed by atoms with Crippen molar-refractivity contribution in [3.63, 3.8) is 0 Å². The Hall–Kier alpha value is -4.44. The Morgan fingerprint density at radius 2 is 1.79 bits per heavy atom. The molecule has 1 aliphatic rings.